The Morgan fingerprint density at radius 1 is 1.73 bits per heavy atom. The lowest BCUT2D eigenvalue weighted by molar-refractivity contribution is -0.317. The Morgan fingerprint density at radius 2 is 2.27 bits per heavy atom. The van der Waals surface area contributed by atoms with Crippen molar-refractivity contribution in [3.63, 3.8) is 0 Å². The monoisotopic (exact) mass is 158 g/mol. The fourth-order valence-corrected chi connectivity index (χ4v) is 0.402. The second kappa shape index (κ2) is 4.45. The molecule has 5 nitrogen and oxygen atoms in total. The first-order chi connectivity index (χ1) is 5.11. The summed E-state index contributed by atoms with van der Waals surface area (Å²) in [6.07, 6.45) is -0.477. The Morgan fingerprint density at radius 3 is 2.55 bits per heavy atom. The summed E-state index contributed by atoms with van der Waals surface area (Å²) in [6.45, 7) is 3.13. The number of hydrogen-bond donors (Lipinski definition) is 1. The van der Waals surface area contributed by atoms with E-state index in [0.717, 1.165) is 13.2 Å². The molecule has 0 bridgehead atoms. The summed E-state index contributed by atoms with van der Waals surface area (Å²) in [7, 11) is 1.14. The van der Waals surface area contributed by atoms with Gasteiger partial charge in [-0.25, -0.2) is 0 Å². The minimum absolute atomic E-state index is 0.624. The lowest BCUT2D eigenvalue weighted by Gasteiger charge is -2.16. The van der Waals surface area contributed by atoms with Crippen LogP contribution in [0.1, 0.15) is 0 Å². The van der Waals surface area contributed by atoms with Crippen molar-refractivity contribution in [3.05, 3.63) is 12.7 Å². The van der Waals surface area contributed by atoms with E-state index in [2.05, 4.69) is 11.3 Å². The minimum Gasteiger partial charge on any atom is -0.545 e. The highest BCUT2D eigenvalue weighted by atomic mass is 16.5. The van der Waals surface area contributed by atoms with Gasteiger partial charge in [-0.15, -0.1) is 0 Å². The zero-order chi connectivity index (χ0) is 8.85. The molecule has 0 spiro atoms. The third-order valence-electron chi connectivity index (χ3n) is 0.909. The number of carbonyl (C=O) groups is 2. The van der Waals surface area contributed by atoms with Gasteiger partial charge in [0.05, 0.1) is 5.97 Å². The quantitative estimate of drug-likeness (QED) is 0.379. The molecule has 0 aliphatic heterocycles. The zero-order valence-corrected chi connectivity index (χ0v) is 5.99. The maximum atomic E-state index is 10.5. The van der Waals surface area contributed by atoms with E-state index < -0.39 is 18.1 Å². The van der Waals surface area contributed by atoms with Gasteiger partial charge >= 0.3 is 0 Å². The van der Waals surface area contributed by atoms with Gasteiger partial charge in [0.1, 0.15) is 0 Å². The Hall–Kier alpha value is -1.36. The Balaban J connectivity index is 3.97. The molecule has 62 valence electrons. The first-order valence-electron chi connectivity index (χ1n) is 2.78. The van der Waals surface area contributed by atoms with E-state index in [0.29, 0.717) is 0 Å². The zero-order valence-electron chi connectivity index (χ0n) is 5.99. The van der Waals surface area contributed by atoms with Crippen LogP contribution in [0.15, 0.2) is 12.7 Å². The summed E-state index contributed by atoms with van der Waals surface area (Å²) in [4.78, 5) is 20.6. The maximum absolute atomic E-state index is 10.5. The SMILES string of the molecule is C=CC(=O)NC(OC)C(=O)[O-]. The first kappa shape index (κ1) is 9.64. The highest BCUT2D eigenvalue weighted by Gasteiger charge is 2.08. The number of hydrogen-bond acceptors (Lipinski definition) is 4. The van der Waals surface area contributed by atoms with Crippen LogP contribution in [0.3, 0.4) is 0 Å². The number of aliphatic carboxylic acids is 1. The Kier molecular flexibility index (Phi) is 3.90. The van der Waals surface area contributed by atoms with E-state index in [9.17, 15) is 14.7 Å². The molecule has 0 radical (unpaired) electrons. The van der Waals surface area contributed by atoms with E-state index >= 15 is 0 Å². The number of carbonyl (C=O) groups excluding carboxylic acids is 2. The molecule has 0 aromatic rings. The van der Waals surface area contributed by atoms with E-state index in [-0.39, 0.29) is 0 Å². The molecule has 1 N–H and O–H groups in total. The maximum Gasteiger partial charge on any atom is 0.245 e. The molecule has 0 aliphatic carbocycles. The van der Waals surface area contributed by atoms with Crippen LogP contribution in [0.2, 0.25) is 0 Å². The molecule has 5 heteroatoms. The van der Waals surface area contributed by atoms with Gasteiger partial charge in [-0.1, -0.05) is 6.58 Å². The van der Waals surface area contributed by atoms with Crippen LogP contribution in [0.5, 0.6) is 0 Å². The molecule has 1 unspecified atom stereocenters. The molecule has 0 fully saturated rings. The average molecular weight is 158 g/mol. The van der Waals surface area contributed by atoms with Crippen molar-refractivity contribution in [2.24, 2.45) is 0 Å². The molecule has 1 atom stereocenters. The van der Waals surface area contributed by atoms with Gasteiger partial charge < -0.3 is 20.0 Å². The van der Waals surface area contributed by atoms with Crippen LogP contribution < -0.4 is 10.4 Å². The number of ether oxygens (including phenoxy) is 1. The highest BCUT2D eigenvalue weighted by molar-refractivity contribution is 5.89. The molecule has 0 saturated carbocycles. The summed E-state index contributed by atoms with van der Waals surface area (Å²) in [5.74, 6) is -2.12. The van der Waals surface area contributed by atoms with E-state index in [1.165, 1.54) is 0 Å². The fraction of sp³-hybridized carbons (Fsp3) is 0.333. The summed E-state index contributed by atoms with van der Waals surface area (Å²) in [5.41, 5.74) is 0. The number of methoxy groups -OCH3 is 1. The summed E-state index contributed by atoms with van der Waals surface area (Å²) >= 11 is 0. The second-order valence-electron chi connectivity index (χ2n) is 1.65. The van der Waals surface area contributed by atoms with Crippen LogP contribution in [0.25, 0.3) is 0 Å². The standard InChI is InChI=1S/C6H9NO4/c1-3-4(8)7-5(11-2)6(9)10/h3,5H,1H2,2H3,(H,7,8)(H,9,10)/p-1. The second-order valence-corrected chi connectivity index (χ2v) is 1.65. The molecule has 0 saturated heterocycles. The van der Waals surface area contributed by atoms with Crippen LogP contribution in [-0.4, -0.2) is 25.2 Å². The number of amides is 1. The highest BCUT2D eigenvalue weighted by Crippen LogP contribution is 1.81. The Bertz CT molecular complexity index is 177. The predicted octanol–water partition coefficient (Wildman–Crippen LogP) is -1.99. The molecule has 0 aromatic carbocycles. The predicted molar refractivity (Wildman–Crippen MR) is 34.1 cm³/mol. The normalized spacial score (nSPS) is 11.7. The van der Waals surface area contributed by atoms with Crippen molar-refractivity contribution in [1.29, 1.82) is 0 Å². The van der Waals surface area contributed by atoms with Gasteiger partial charge in [-0.2, -0.15) is 0 Å². The largest absolute Gasteiger partial charge is 0.545 e. The Labute approximate surface area is 63.7 Å². The molecule has 0 aliphatic rings. The topological polar surface area (TPSA) is 78.5 Å². The van der Waals surface area contributed by atoms with Gasteiger partial charge in [-0.05, 0) is 6.08 Å². The van der Waals surface area contributed by atoms with Crippen LogP contribution >= 0.6 is 0 Å². The smallest absolute Gasteiger partial charge is 0.245 e. The first-order valence-corrected chi connectivity index (χ1v) is 2.78. The molecule has 1 amide bonds. The third kappa shape index (κ3) is 3.36. The van der Waals surface area contributed by atoms with Crippen LogP contribution in [0, 0.1) is 0 Å². The lowest BCUT2D eigenvalue weighted by Crippen LogP contribution is -2.48. The van der Waals surface area contributed by atoms with E-state index in [1.807, 2.05) is 5.32 Å². The molecule has 0 aromatic heterocycles. The summed E-state index contributed by atoms with van der Waals surface area (Å²) in [5, 5.41) is 12.1. The van der Waals surface area contributed by atoms with Crippen LogP contribution in [-0.2, 0) is 14.3 Å². The molecular formula is C6H8NO4-. The summed E-state index contributed by atoms with van der Waals surface area (Å²) < 4.78 is 4.34. The van der Waals surface area contributed by atoms with Crippen molar-refractivity contribution >= 4 is 11.9 Å². The number of rotatable bonds is 4. The van der Waals surface area contributed by atoms with Crippen LogP contribution in [0.4, 0.5) is 0 Å². The van der Waals surface area contributed by atoms with Gasteiger partial charge in [0.15, 0.2) is 6.23 Å². The lowest BCUT2D eigenvalue weighted by atomic mass is 10.5. The van der Waals surface area contributed by atoms with E-state index in [1.54, 1.807) is 0 Å². The molecule has 11 heavy (non-hydrogen) atoms. The van der Waals surface area contributed by atoms with Gasteiger partial charge in [-0.3, -0.25) is 4.79 Å². The number of nitrogens with one attached hydrogen (secondary N) is 1. The van der Waals surface area contributed by atoms with Crippen molar-refractivity contribution in [1.82, 2.24) is 5.32 Å². The van der Waals surface area contributed by atoms with Crippen molar-refractivity contribution in [3.8, 4) is 0 Å². The number of carboxylic acids is 1. The van der Waals surface area contributed by atoms with Gasteiger partial charge in [0, 0.05) is 7.11 Å². The van der Waals surface area contributed by atoms with Crippen molar-refractivity contribution < 1.29 is 19.4 Å². The van der Waals surface area contributed by atoms with Gasteiger partial charge in [0.25, 0.3) is 0 Å². The van der Waals surface area contributed by atoms with Gasteiger partial charge in [0.2, 0.25) is 5.91 Å². The molecule has 0 heterocycles. The third-order valence-corrected chi connectivity index (χ3v) is 0.909. The fourth-order valence-electron chi connectivity index (χ4n) is 0.402. The van der Waals surface area contributed by atoms with Crippen molar-refractivity contribution in [2.75, 3.05) is 7.11 Å². The molecular weight excluding hydrogens is 150 g/mol. The summed E-state index contributed by atoms with van der Waals surface area (Å²) in [6, 6.07) is 0. The van der Waals surface area contributed by atoms with Crippen molar-refractivity contribution in [2.45, 2.75) is 6.23 Å². The number of carboxylic acid groups (broad SMARTS) is 1. The minimum atomic E-state index is -1.50. The molecule has 0 rings (SSSR count). The van der Waals surface area contributed by atoms with E-state index in [4.69, 9.17) is 0 Å². The average Bonchev–Trinajstić information content (AvgIpc) is 1.99.